The highest BCUT2D eigenvalue weighted by molar-refractivity contribution is 7.13. The lowest BCUT2D eigenvalue weighted by Gasteiger charge is -2.21. The number of carbonyl (C=O) groups is 2. The van der Waals surface area contributed by atoms with Crippen LogP contribution < -0.4 is 0 Å². The number of amides is 1. The van der Waals surface area contributed by atoms with Gasteiger partial charge in [0.15, 0.2) is 5.65 Å². The fraction of sp³-hybridized carbons (Fsp3) is 0.250. The number of aromatic nitrogens is 3. The number of fused-ring (bicyclic) bond motifs is 1. The van der Waals surface area contributed by atoms with Gasteiger partial charge in [-0.2, -0.15) is 5.10 Å². The molecule has 164 valence electrons. The maximum atomic E-state index is 13.4. The molecule has 4 rings (SSSR count). The van der Waals surface area contributed by atoms with Crippen molar-refractivity contribution in [2.45, 2.75) is 26.0 Å². The lowest BCUT2D eigenvalue weighted by molar-refractivity contribution is -0.138. The molecule has 1 atom stereocenters. The first kappa shape index (κ1) is 21.7. The fourth-order valence-electron chi connectivity index (χ4n) is 3.41. The van der Waals surface area contributed by atoms with Gasteiger partial charge in [0.2, 0.25) is 6.10 Å². The van der Waals surface area contributed by atoms with E-state index in [9.17, 15) is 9.59 Å². The molecule has 0 saturated carbocycles. The minimum absolute atomic E-state index is 0.0647. The van der Waals surface area contributed by atoms with Gasteiger partial charge < -0.3 is 9.64 Å². The molecule has 1 aromatic carbocycles. The second-order valence-corrected chi connectivity index (χ2v) is 8.83. The number of likely N-dealkylation sites (N-methyl/N-ethyl adjacent to an activating group) is 1. The molecule has 0 saturated heterocycles. The Morgan fingerprint density at radius 3 is 2.47 bits per heavy atom. The van der Waals surface area contributed by atoms with E-state index in [4.69, 9.17) is 9.72 Å². The van der Waals surface area contributed by atoms with Crippen molar-refractivity contribution < 1.29 is 14.3 Å². The van der Waals surface area contributed by atoms with E-state index in [0.717, 1.165) is 4.88 Å². The highest BCUT2D eigenvalue weighted by atomic mass is 32.1. The highest BCUT2D eigenvalue weighted by Gasteiger charge is 2.29. The van der Waals surface area contributed by atoms with Crippen molar-refractivity contribution in [3.8, 4) is 10.6 Å². The Morgan fingerprint density at radius 2 is 1.84 bits per heavy atom. The number of hydrogen-bond acceptors (Lipinski definition) is 6. The summed E-state index contributed by atoms with van der Waals surface area (Å²) in [6.45, 7) is 4.01. The number of nitrogens with zero attached hydrogens (tertiary/aromatic N) is 4. The van der Waals surface area contributed by atoms with Crippen LogP contribution in [-0.4, -0.2) is 45.6 Å². The van der Waals surface area contributed by atoms with E-state index in [2.05, 4.69) is 5.10 Å². The standard InChI is InChI=1S/C24H24N4O3S/c1-15(2)28-22-18(14-25-28)17(13-19(26-22)20-11-8-12-32-20)24(30)31-21(23(29)27(3)4)16-9-6-5-7-10-16/h5-15,21H,1-4H3. The van der Waals surface area contributed by atoms with E-state index in [-0.39, 0.29) is 11.9 Å². The molecule has 32 heavy (non-hydrogen) atoms. The van der Waals surface area contributed by atoms with Gasteiger partial charge in [-0.25, -0.2) is 14.5 Å². The van der Waals surface area contributed by atoms with Gasteiger partial charge in [-0.1, -0.05) is 36.4 Å². The molecule has 0 N–H and O–H groups in total. The third-order valence-electron chi connectivity index (χ3n) is 5.04. The minimum atomic E-state index is -1.05. The van der Waals surface area contributed by atoms with E-state index < -0.39 is 12.1 Å². The van der Waals surface area contributed by atoms with Crippen LogP contribution >= 0.6 is 11.3 Å². The summed E-state index contributed by atoms with van der Waals surface area (Å²) in [5, 5.41) is 6.98. The quantitative estimate of drug-likeness (QED) is 0.399. The van der Waals surface area contributed by atoms with Crippen molar-refractivity contribution in [3.63, 3.8) is 0 Å². The van der Waals surface area contributed by atoms with Crippen LogP contribution in [0.25, 0.3) is 21.6 Å². The van der Waals surface area contributed by atoms with Crippen LogP contribution in [0.3, 0.4) is 0 Å². The average molecular weight is 449 g/mol. The first-order valence-corrected chi connectivity index (χ1v) is 11.1. The lowest BCUT2D eigenvalue weighted by Crippen LogP contribution is -2.31. The van der Waals surface area contributed by atoms with Gasteiger partial charge in [-0.15, -0.1) is 11.3 Å². The van der Waals surface area contributed by atoms with Gasteiger partial charge in [-0.3, -0.25) is 4.79 Å². The summed E-state index contributed by atoms with van der Waals surface area (Å²) in [5.41, 5.74) is 2.21. The van der Waals surface area contributed by atoms with Gasteiger partial charge in [0, 0.05) is 25.7 Å². The zero-order valence-corrected chi connectivity index (χ0v) is 19.2. The predicted molar refractivity (Wildman–Crippen MR) is 125 cm³/mol. The molecular formula is C24H24N4O3S. The maximum absolute atomic E-state index is 13.4. The van der Waals surface area contributed by atoms with Crippen LogP contribution in [0.5, 0.6) is 0 Å². The molecule has 0 fully saturated rings. The predicted octanol–water partition coefficient (Wildman–Crippen LogP) is 4.73. The Labute approximate surface area is 190 Å². The van der Waals surface area contributed by atoms with Gasteiger partial charge in [0.05, 0.1) is 27.7 Å². The SMILES string of the molecule is CC(C)n1ncc2c(C(=O)OC(C(=O)N(C)C)c3ccccc3)cc(-c3cccs3)nc21. The molecule has 3 heterocycles. The van der Waals surface area contributed by atoms with Crippen molar-refractivity contribution >= 4 is 34.2 Å². The number of thiophene rings is 1. The number of rotatable bonds is 6. The van der Waals surface area contributed by atoms with Crippen molar-refractivity contribution in [2.75, 3.05) is 14.1 Å². The van der Waals surface area contributed by atoms with Gasteiger partial charge in [-0.05, 0) is 31.4 Å². The minimum Gasteiger partial charge on any atom is -0.444 e. The van der Waals surface area contributed by atoms with Crippen LogP contribution in [0.2, 0.25) is 0 Å². The molecular weight excluding hydrogens is 424 g/mol. The Hall–Kier alpha value is -3.52. The molecule has 0 radical (unpaired) electrons. The molecule has 0 bridgehead atoms. The molecule has 8 heteroatoms. The summed E-state index contributed by atoms with van der Waals surface area (Å²) in [6.07, 6.45) is 0.579. The Bertz CT molecular complexity index is 1250. The Morgan fingerprint density at radius 1 is 1.09 bits per heavy atom. The summed E-state index contributed by atoms with van der Waals surface area (Å²) in [6, 6.07) is 14.7. The first-order valence-electron chi connectivity index (χ1n) is 10.3. The lowest BCUT2D eigenvalue weighted by atomic mass is 10.1. The van der Waals surface area contributed by atoms with E-state index in [0.29, 0.717) is 27.9 Å². The Balaban J connectivity index is 1.81. The van der Waals surface area contributed by atoms with Crippen molar-refractivity contribution in [2.24, 2.45) is 0 Å². The third kappa shape index (κ3) is 4.13. The molecule has 4 aromatic rings. The highest BCUT2D eigenvalue weighted by Crippen LogP contribution is 2.30. The smallest absolute Gasteiger partial charge is 0.340 e. The maximum Gasteiger partial charge on any atom is 0.340 e. The number of ether oxygens (including phenoxy) is 1. The van der Waals surface area contributed by atoms with E-state index >= 15 is 0 Å². The molecule has 0 aliphatic carbocycles. The van der Waals surface area contributed by atoms with Crippen LogP contribution in [0.4, 0.5) is 0 Å². The molecule has 0 aliphatic heterocycles. The summed E-state index contributed by atoms with van der Waals surface area (Å²) in [7, 11) is 3.27. The monoisotopic (exact) mass is 448 g/mol. The second-order valence-electron chi connectivity index (χ2n) is 7.88. The number of benzene rings is 1. The topological polar surface area (TPSA) is 77.3 Å². The molecule has 0 spiro atoms. The van der Waals surface area contributed by atoms with Gasteiger partial charge in [0.1, 0.15) is 0 Å². The first-order chi connectivity index (χ1) is 15.4. The Kier molecular flexibility index (Phi) is 6.05. The normalized spacial score (nSPS) is 12.2. The van der Waals surface area contributed by atoms with Gasteiger partial charge in [0.25, 0.3) is 5.91 Å². The molecule has 7 nitrogen and oxygen atoms in total. The number of carbonyl (C=O) groups excluding carboxylic acids is 2. The van der Waals surface area contributed by atoms with Crippen molar-refractivity contribution in [1.29, 1.82) is 0 Å². The summed E-state index contributed by atoms with van der Waals surface area (Å²) >= 11 is 1.54. The van der Waals surface area contributed by atoms with Crippen LogP contribution in [0.15, 0.2) is 60.1 Å². The molecule has 1 amide bonds. The zero-order valence-electron chi connectivity index (χ0n) is 18.4. The van der Waals surface area contributed by atoms with Crippen molar-refractivity contribution in [3.05, 3.63) is 71.2 Å². The summed E-state index contributed by atoms with van der Waals surface area (Å²) < 4.78 is 7.58. The van der Waals surface area contributed by atoms with Crippen molar-refractivity contribution in [1.82, 2.24) is 19.7 Å². The largest absolute Gasteiger partial charge is 0.444 e. The molecule has 3 aromatic heterocycles. The zero-order chi connectivity index (χ0) is 22.8. The molecule has 1 unspecified atom stereocenters. The van der Waals surface area contributed by atoms with Crippen LogP contribution in [0, 0.1) is 0 Å². The van der Waals surface area contributed by atoms with E-state index in [1.807, 2.05) is 49.6 Å². The third-order valence-corrected chi connectivity index (χ3v) is 5.93. The summed E-state index contributed by atoms with van der Waals surface area (Å²) in [4.78, 5) is 33.4. The average Bonchev–Trinajstić information content (AvgIpc) is 3.46. The molecule has 0 aliphatic rings. The number of hydrogen-bond donors (Lipinski definition) is 0. The fourth-order valence-corrected chi connectivity index (χ4v) is 4.10. The summed E-state index contributed by atoms with van der Waals surface area (Å²) in [5.74, 6) is -0.909. The number of pyridine rings is 1. The van der Waals surface area contributed by atoms with Crippen LogP contribution in [0.1, 0.15) is 41.9 Å². The van der Waals surface area contributed by atoms with Gasteiger partial charge >= 0.3 is 5.97 Å². The second kappa shape index (κ2) is 8.92. The van der Waals surface area contributed by atoms with E-state index in [1.165, 1.54) is 16.2 Å². The van der Waals surface area contributed by atoms with E-state index in [1.54, 1.807) is 43.2 Å². The van der Waals surface area contributed by atoms with Crippen LogP contribution in [-0.2, 0) is 9.53 Å². The number of esters is 1.